The first-order valence-corrected chi connectivity index (χ1v) is 8.20. The third-order valence-corrected chi connectivity index (χ3v) is 5.84. The number of aliphatic imine (C=N–C) groups is 1. The van der Waals surface area contributed by atoms with Crippen LogP contribution in [0.4, 0.5) is 0 Å². The molecule has 0 radical (unpaired) electrons. The number of hydrogen-bond donors (Lipinski definition) is 0. The second-order valence-corrected chi connectivity index (χ2v) is 7.42. The van der Waals surface area contributed by atoms with Gasteiger partial charge in [0.1, 0.15) is 0 Å². The van der Waals surface area contributed by atoms with Gasteiger partial charge in [-0.3, -0.25) is 4.99 Å². The quantitative estimate of drug-likeness (QED) is 0.654. The van der Waals surface area contributed by atoms with Crippen molar-refractivity contribution >= 4 is 77.0 Å². The minimum atomic E-state index is 0. The van der Waals surface area contributed by atoms with Crippen LogP contribution in [0.25, 0.3) is 15.8 Å². The van der Waals surface area contributed by atoms with Crippen LogP contribution in [0.3, 0.4) is 0 Å². The van der Waals surface area contributed by atoms with E-state index in [1.54, 1.807) is 23.1 Å². The van der Waals surface area contributed by atoms with Crippen molar-refractivity contribution in [2.45, 2.75) is 0 Å². The maximum atomic E-state index is 4.53. The van der Waals surface area contributed by atoms with Crippen LogP contribution in [0.1, 0.15) is 5.56 Å². The van der Waals surface area contributed by atoms with Gasteiger partial charge in [-0.25, -0.2) is 0 Å². The van der Waals surface area contributed by atoms with Crippen LogP contribution < -0.4 is 0 Å². The summed E-state index contributed by atoms with van der Waals surface area (Å²) < 4.78 is 2.52. The number of amidine groups is 1. The lowest BCUT2D eigenvalue weighted by molar-refractivity contribution is 0.650. The molecule has 1 aromatic heterocycles. The van der Waals surface area contributed by atoms with E-state index in [2.05, 4.69) is 55.5 Å². The molecule has 3 heterocycles. The highest BCUT2D eigenvalue weighted by molar-refractivity contribution is 9.14. The summed E-state index contributed by atoms with van der Waals surface area (Å²) in [5.41, 5.74) is 2.58. The Balaban J connectivity index is 0.00000110. The van der Waals surface area contributed by atoms with Gasteiger partial charge in [-0.1, -0.05) is 12.1 Å². The Morgan fingerprint density at radius 1 is 1.26 bits per heavy atom. The normalized spacial score (nSPS) is 17.7. The second kappa shape index (κ2) is 5.24. The highest BCUT2D eigenvalue weighted by Gasteiger charge is 2.32. The standard InChI is InChI=1S/C13H9BrN2S2.BrH/c14-12-11(16-6-5-15-13(16)18-12)9-2-1-3-10-8(9)4-7-17-10;/h1-4,7H,5-6H2;1H. The lowest BCUT2D eigenvalue weighted by Gasteiger charge is -2.17. The number of benzene rings is 1. The molecule has 6 heteroatoms. The largest absolute Gasteiger partial charge is 0.317 e. The van der Waals surface area contributed by atoms with E-state index in [1.807, 2.05) is 0 Å². The number of hydrogen-bond acceptors (Lipinski definition) is 4. The van der Waals surface area contributed by atoms with Gasteiger partial charge in [-0.05, 0) is 45.2 Å². The fourth-order valence-electron chi connectivity index (χ4n) is 2.41. The minimum absolute atomic E-state index is 0. The number of rotatable bonds is 1. The number of nitrogens with zero attached hydrogens (tertiary/aromatic N) is 2. The van der Waals surface area contributed by atoms with Crippen LogP contribution in [-0.4, -0.2) is 23.2 Å². The number of thioether (sulfide) groups is 1. The Bertz CT molecular complexity index is 705. The van der Waals surface area contributed by atoms with Crippen LogP contribution in [0.5, 0.6) is 0 Å². The van der Waals surface area contributed by atoms with Crippen LogP contribution in [0.15, 0.2) is 38.5 Å². The zero-order valence-electron chi connectivity index (χ0n) is 9.80. The molecule has 0 spiro atoms. The van der Waals surface area contributed by atoms with Crippen LogP contribution in [0, 0.1) is 0 Å². The fraction of sp³-hybridized carbons (Fsp3) is 0.154. The average Bonchev–Trinajstić information content (AvgIpc) is 3.02. The Kier molecular flexibility index (Phi) is 3.77. The summed E-state index contributed by atoms with van der Waals surface area (Å²) in [7, 11) is 0. The molecule has 19 heavy (non-hydrogen) atoms. The van der Waals surface area contributed by atoms with Gasteiger partial charge in [0.25, 0.3) is 0 Å². The zero-order valence-corrected chi connectivity index (χ0v) is 14.7. The molecule has 0 fully saturated rings. The highest BCUT2D eigenvalue weighted by atomic mass is 79.9. The van der Waals surface area contributed by atoms with Crippen LogP contribution in [-0.2, 0) is 0 Å². The second-order valence-electron chi connectivity index (χ2n) is 4.18. The van der Waals surface area contributed by atoms with E-state index in [9.17, 15) is 0 Å². The van der Waals surface area contributed by atoms with Crippen molar-refractivity contribution in [3.63, 3.8) is 0 Å². The monoisotopic (exact) mass is 416 g/mol. The predicted octanol–water partition coefficient (Wildman–Crippen LogP) is 4.92. The number of halogens is 2. The van der Waals surface area contributed by atoms with Gasteiger partial charge in [-0.2, -0.15) is 0 Å². The zero-order chi connectivity index (χ0) is 12.1. The molecule has 2 aliphatic rings. The molecule has 2 nitrogen and oxygen atoms in total. The lowest BCUT2D eigenvalue weighted by Crippen LogP contribution is -2.19. The summed E-state index contributed by atoms with van der Waals surface area (Å²) in [4.78, 5) is 6.85. The van der Waals surface area contributed by atoms with Crippen LogP contribution >= 0.6 is 56.0 Å². The molecule has 0 amide bonds. The molecule has 0 unspecified atom stereocenters. The van der Waals surface area contributed by atoms with Crippen molar-refractivity contribution in [3.05, 3.63) is 39.0 Å². The summed E-state index contributed by atoms with van der Waals surface area (Å²) >= 11 is 7.21. The Morgan fingerprint density at radius 3 is 3.05 bits per heavy atom. The summed E-state index contributed by atoms with van der Waals surface area (Å²) in [6.07, 6.45) is 0. The topological polar surface area (TPSA) is 15.6 Å². The van der Waals surface area contributed by atoms with Gasteiger partial charge in [-0.15, -0.1) is 28.3 Å². The highest BCUT2D eigenvalue weighted by Crippen LogP contribution is 2.46. The number of fused-ring (bicyclic) bond motifs is 2. The lowest BCUT2D eigenvalue weighted by atomic mass is 10.1. The molecular weight excluding hydrogens is 408 g/mol. The van der Waals surface area contributed by atoms with Gasteiger partial charge in [0.15, 0.2) is 5.17 Å². The van der Waals surface area contributed by atoms with E-state index in [1.165, 1.54) is 25.2 Å². The van der Waals surface area contributed by atoms with Gasteiger partial charge in [0.05, 0.1) is 16.1 Å². The average molecular weight is 418 g/mol. The predicted molar refractivity (Wildman–Crippen MR) is 94.6 cm³/mol. The van der Waals surface area contributed by atoms with Gasteiger partial charge in [0, 0.05) is 22.2 Å². The van der Waals surface area contributed by atoms with E-state index in [-0.39, 0.29) is 17.0 Å². The molecule has 98 valence electrons. The molecule has 0 saturated carbocycles. The molecule has 2 aliphatic heterocycles. The van der Waals surface area contributed by atoms with Crippen molar-refractivity contribution in [2.75, 3.05) is 13.1 Å². The first kappa shape index (κ1) is 13.7. The fourth-order valence-corrected chi connectivity index (χ4v) is 5.01. The summed E-state index contributed by atoms with van der Waals surface area (Å²) in [5, 5.41) is 4.62. The van der Waals surface area contributed by atoms with E-state index >= 15 is 0 Å². The third kappa shape index (κ3) is 2.09. The Hall–Kier alpha value is -0.300. The molecule has 0 aliphatic carbocycles. The number of thiophene rings is 1. The molecule has 4 rings (SSSR count). The van der Waals surface area contributed by atoms with Crippen LogP contribution in [0.2, 0.25) is 0 Å². The van der Waals surface area contributed by atoms with Gasteiger partial charge < -0.3 is 4.90 Å². The molecule has 0 N–H and O–H groups in total. The molecule has 1 aromatic carbocycles. The minimum Gasteiger partial charge on any atom is -0.317 e. The molecule has 0 saturated heterocycles. The Labute approximate surface area is 138 Å². The van der Waals surface area contributed by atoms with E-state index in [0.717, 1.165) is 18.3 Å². The van der Waals surface area contributed by atoms with Crippen molar-refractivity contribution in [1.29, 1.82) is 0 Å². The Morgan fingerprint density at radius 2 is 2.16 bits per heavy atom. The summed E-state index contributed by atoms with van der Waals surface area (Å²) in [6, 6.07) is 8.72. The van der Waals surface area contributed by atoms with Crippen molar-refractivity contribution in [3.8, 4) is 0 Å². The van der Waals surface area contributed by atoms with Gasteiger partial charge in [0.2, 0.25) is 0 Å². The van der Waals surface area contributed by atoms with E-state index in [0.29, 0.717) is 0 Å². The maximum absolute atomic E-state index is 4.53. The SMILES string of the molecule is Br.BrC1=C(c2cccc3sccc23)N2CCN=C2S1. The molecule has 2 aromatic rings. The van der Waals surface area contributed by atoms with E-state index < -0.39 is 0 Å². The van der Waals surface area contributed by atoms with Crippen molar-refractivity contribution in [1.82, 2.24) is 4.90 Å². The summed E-state index contributed by atoms with van der Waals surface area (Å²) in [6.45, 7) is 1.90. The summed E-state index contributed by atoms with van der Waals surface area (Å²) in [5.74, 6) is 0. The maximum Gasteiger partial charge on any atom is 0.169 e. The van der Waals surface area contributed by atoms with Crippen molar-refractivity contribution < 1.29 is 0 Å². The van der Waals surface area contributed by atoms with Crippen molar-refractivity contribution in [2.24, 2.45) is 4.99 Å². The molecule has 0 atom stereocenters. The first-order chi connectivity index (χ1) is 8.84. The molecule has 0 bridgehead atoms. The van der Waals surface area contributed by atoms with Gasteiger partial charge >= 0.3 is 0 Å². The first-order valence-electron chi connectivity index (χ1n) is 5.71. The molecular formula is C13H10Br2N2S2. The smallest absolute Gasteiger partial charge is 0.169 e. The van der Waals surface area contributed by atoms with E-state index in [4.69, 9.17) is 0 Å². The third-order valence-electron chi connectivity index (χ3n) is 3.19.